The Labute approximate surface area is 164 Å². The van der Waals surface area contributed by atoms with E-state index in [1.807, 2.05) is 18.4 Å². The van der Waals surface area contributed by atoms with Gasteiger partial charge in [0.25, 0.3) is 0 Å². The van der Waals surface area contributed by atoms with Gasteiger partial charge in [-0.25, -0.2) is 9.97 Å². The molecule has 0 amide bonds. The SMILES string of the molecule is COc1ccc2occ(CCCN3CCN(c4ncncc4OC)CC3)c2c1. The van der Waals surface area contributed by atoms with Crippen LogP contribution in [0.15, 0.2) is 41.4 Å². The first-order valence-corrected chi connectivity index (χ1v) is 9.64. The summed E-state index contributed by atoms with van der Waals surface area (Å²) in [5, 5.41) is 1.15. The minimum absolute atomic E-state index is 0.734. The van der Waals surface area contributed by atoms with Gasteiger partial charge in [-0.1, -0.05) is 0 Å². The first-order valence-electron chi connectivity index (χ1n) is 9.64. The Balaban J connectivity index is 1.29. The number of aromatic nitrogens is 2. The predicted molar refractivity (Wildman–Crippen MR) is 108 cm³/mol. The van der Waals surface area contributed by atoms with E-state index in [2.05, 4.69) is 25.8 Å². The zero-order valence-corrected chi connectivity index (χ0v) is 16.4. The minimum Gasteiger partial charge on any atom is -0.497 e. The second-order valence-electron chi connectivity index (χ2n) is 6.97. The fourth-order valence-corrected chi connectivity index (χ4v) is 3.75. The highest BCUT2D eigenvalue weighted by Gasteiger charge is 2.20. The molecule has 0 bridgehead atoms. The smallest absolute Gasteiger partial charge is 0.179 e. The van der Waals surface area contributed by atoms with E-state index in [-0.39, 0.29) is 0 Å². The van der Waals surface area contributed by atoms with Crippen LogP contribution in [0.25, 0.3) is 11.0 Å². The molecule has 28 heavy (non-hydrogen) atoms. The van der Waals surface area contributed by atoms with Crippen molar-refractivity contribution < 1.29 is 13.9 Å². The predicted octanol–water partition coefficient (Wildman–Crippen LogP) is 2.99. The van der Waals surface area contributed by atoms with Crippen LogP contribution in [0.1, 0.15) is 12.0 Å². The Bertz CT molecular complexity index is 919. The second kappa shape index (κ2) is 8.48. The van der Waals surface area contributed by atoms with Gasteiger partial charge in [0.15, 0.2) is 11.6 Å². The van der Waals surface area contributed by atoms with Crippen molar-refractivity contribution in [3.05, 3.63) is 42.5 Å². The molecule has 0 unspecified atom stereocenters. The molecular weight excluding hydrogens is 356 g/mol. The van der Waals surface area contributed by atoms with Crippen LogP contribution in [-0.2, 0) is 6.42 Å². The third kappa shape index (κ3) is 3.89. The number of rotatable bonds is 7. The van der Waals surface area contributed by atoms with Crippen LogP contribution in [0.5, 0.6) is 11.5 Å². The average molecular weight is 382 g/mol. The molecule has 1 aromatic carbocycles. The van der Waals surface area contributed by atoms with E-state index in [1.54, 1.807) is 26.7 Å². The molecule has 7 heteroatoms. The monoisotopic (exact) mass is 382 g/mol. The number of ether oxygens (including phenoxy) is 2. The Morgan fingerprint density at radius 2 is 1.96 bits per heavy atom. The van der Waals surface area contributed by atoms with Gasteiger partial charge in [-0.05, 0) is 43.1 Å². The van der Waals surface area contributed by atoms with Crippen molar-refractivity contribution in [2.24, 2.45) is 0 Å². The van der Waals surface area contributed by atoms with E-state index in [0.29, 0.717) is 0 Å². The number of piperazine rings is 1. The maximum Gasteiger partial charge on any atom is 0.179 e. The Morgan fingerprint density at radius 3 is 2.75 bits per heavy atom. The number of hydrogen-bond acceptors (Lipinski definition) is 7. The van der Waals surface area contributed by atoms with Crippen molar-refractivity contribution >= 4 is 16.8 Å². The van der Waals surface area contributed by atoms with Gasteiger partial charge < -0.3 is 18.8 Å². The Morgan fingerprint density at radius 1 is 1.11 bits per heavy atom. The highest BCUT2D eigenvalue weighted by Crippen LogP contribution is 2.27. The topological polar surface area (TPSA) is 63.9 Å². The maximum atomic E-state index is 5.68. The van der Waals surface area contributed by atoms with Crippen LogP contribution < -0.4 is 14.4 Å². The number of fused-ring (bicyclic) bond motifs is 1. The van der Waals surface area contributed by atoms with Crippen LogP contribution in [-0.4, -0.2) is 61.8 Å². The lowest BCUT2D eigenvalue weighted by atomic mass is 10.1. The summed E-state index contributed by atoms with van der Waals surface area (Å²) < 4.78 is 16.4. The summed E-state index contributed by atoms with van der Waals surface area (Å²) in [6, 6.07) is 5.96. The molecule has 2 aromatic heterocycles. The molecule has 3 aromatic rings. The zero-order chi connectivity index (χ0) is 19.3. The number of aryl methyl sites for hydroxylation is 1. The summed E-state index contributed by atoms with van der Waals surface area (Å²) in [5.41, 5.74) is 2.17. The molecular formula is C21H26N4O3. The zero-order valence-electron chi connectivity index (χ0n) is 16.4. The molecule has 0 N–H and O–H groups in total. The molecule has 1 aliphatic heterocycles. The Kier molecular flexibility index (Phi) is 5.62. The van der Waals surface area contributed by atoms with E-state index >= 15 is 0 Å². The first-order chi connectivity index (χ1) is 13.8. The average Bonchev–Trinajstić information content (AvgIpc) is 3.16. The number of methoxy groups -OCH3 is 2. The molecule has 0 aliphatic carbocycles. The fraction of sp³-hybridized carbons (Fsp3) is 0.429. The lowest BCUT2D eigenvalue weighted by Gasteiger charge is -2.35. The Hall–Kier alpha value is -2.80. The van der Waals surface area contributed by atoms with Crippen molar-refractivity contribution in [2.75, 3.05) is 51.8 Å². The second-order valence-corrected chi connectivity index (χ2v) is 6.97. The fourth-order valence-electron chi connectivity index (χ4n) is 3.75. The number of nitrogens with zero attached hydrogens (tertiary/aromatic N) is 4. The molecule has 1 aliphatic rings. The maximum absolute atomic E-state index is 5.68. The van der Waals surface area contributed by atoms with Gasteiger partial charge in [-0.2, -0.15) is 0 Å². The summed E-state index contributed by atoms with van der Waals surface area (Å²) >= 11 is 0. The molecule has 148 valence electrons. The summed E-state index contributed by atoms with van der Waals surface area (Å²) in [6.07, 6.45) is 7.28. The molecule has 4 rings (SSSR count). The summed E-state index contributed by atoms with van der Waals surface area (Å²) in [4.78, 5) is 13.2. The standard InChI is InChI=1S/C21H26N4O3/c1-26-17-5-6-19-18(12-17)16(14-28-19)4-3-7-24-8-10-25(11-9-24)21-20(27-2)13-22-15-23-21/h5-6,12-15H,3-4,7-11H2,1-2H3. The molecule has 1 saturated heterocycles. The van der Waals surface area contributed by atoms with Crippen LogP contribution in [0.3, 0.4) is 0 Å². The molecule has 0 atom stereocenters. The van der Waals surface area contributed by atoms with Crippen LogP contribution in [0.2, 0.25) is 0 Å². The summed E-state index contributed by atoms with van der Waals surface area (Å²) in [7, 11) is 3.35. The van der Waals surface area contributed by atoms with Crippen molar-refractivity contribution in [1.29, 1.82) is 0 Å². The van der Waals surface area contributed by atoms with Gasteiger partial charge in [0.05, 0.1) is 26.7 Å². The number of benzene rings is 1. The molecule has 0 spiro atoms. The lowest BCUT2D eigenvalue weighted by Crippen LogP contribution is -2.47. The van der Waals surface area contributed by atoms with E-state index < -0.39 is 0 Å². The van der Waals surface area contributed by atoms with Gasteiger partial charge in [-0.15, -0.1) is 0 Å². The van der Waals surface area contributed by atoms with Gasteiger partial charge >= 0.3 is 0 Å². The van der Waals surface area contributed by atoms with Crippen molar-refractivity contribution in [2.45, 2.75) is 12.8 Å². The third-order valence-corrected chi connectivity index (χ3v) is 5.33. The largest absolute Gasteiger partial charge is 0.497 e. The normalized spacial score (nSPS) is 15.1. The van der Waals surface area contributed by atoms with Gasteiger partial charge in [0, 0.05) is 31.6 Å². The lowest BCUT2D eigenvalue weighted by molar-refractivity contribution is 0.253. The van der Waals surface area contributed by atoms with Gasteiger partial charge in [0.2, 0.25) is 0 Å². The molecule has 7 nitrogen and oxygen atoms in total. The number of anilines is 1. The highest BCUT2D eigenvalue weighted by molar-refractivity contribution is 5.82. The van der Waals surface area contributed by atoms with Crippen LogP contribution in [0, 0.1) is 0 Å². The van der Waals surface area contributed by atoms with Gasteiger partial charge in [-0.3, -0.25) is 4.90 Å². The quantitative estimate of drug-likeness (QED) is 0.622. The van der Waals surface area contributed by atoms with Crippen molar-refractivity contribution in [3.8, 4) is 11.5 Å². The molecule has 0 saturated carbocycles. The van der Waals surface area contributed by atoms with E-state index in [1.165, 1.54) is 5.56 Å². The first kappa shape index (κ1) is 18.6. The number of furan rings is 1. The van der Waals surface area contributed by atoms with E-state index in [0.717, 1.165) is 73.9 Å². The van der Waals surface area contributed by atoms with Crippen LogP contribution in [0.4, 0.5) is 5.82 Å². The van der Waals surface area contributed by atoms with Gasteiger partial charge in [0.1, 0.15) is 17.7 Å². The minimum atomic E-state index is 0.734. The highest BCUT2D eigenvalue weighted by atomic mass is 16.5. The van der Waals surface area contributed by atoms with Crippen molar-refractivity contribution in [3.63, 3.8) is 0 Å². The molecule has 1 fully saturated rings. The third-order valence-electron chi connectivity index (χ3n) is 5.33. The van der Waals surface area contributed by atoms with Crippen molar-refractivity contribution in [1.82, 2.24) is 14.9 Å². The number of hydrogen-bond donors (Lipinski definition) is 0. The summed E-state index contributed by atoms with van der Waals surface area (Å²) in [6.45, 7) is 5.00. The van der Waals surface area contributed by atoms with Crippen LogP contribution >= 0.6 is 0 Å². The van der Waals surface area contributed by atoms with E-state index in [4.69, 9.17) is 13.9 Å². The molecule has 0 radical (unpaired) electrons. The van der Waals surface area contributed by atoms with E-state index in [9.17, 15) is 0 Å². The molecule has 3 heterocycles. The summed E-state index contributed by atoms with van der Waals surface area (Å²) in [5.74, 6) is 2.49.